The predicted octanol–water partition coefficient (Wildman–Crippen LogP) is 2.53. The Morgan fingerprint density at radius 2 is 2.15 bits per heavy atom. The molecule has 2 aromatic carbocycles. The molecule has 0 aliphatic carbocycles. The van der Waals surface area contributed by atoms with E-state index in [0.29, 0.717) is 33.4 Å². The molecule has 8 nitrogen and oxygen atoms in total. The zero-order valence-electron chi connectivity index (χ0n) is 13.2. The van der Waals surface area contributed by atoms with E-state index in [4.69, 9.17) is 26.0 Å². The summed E-state index contributed by atoms with van der Waals surface area (Å²) in [4.78, 5) is 29.7. The van der Waals surface area contributed by atoms with Crippen LogP contribution in [0, 0.1) is 0 Å². The number of nitrogens with one attached hydrogen (secondary N) is 1. The number of hydroxylamine groups is 1. The summed E-state index contributed by atoms with van der Waals surface area (Å²) in [5.74, 6) is -0.236. The Labute approximate surface area is 151 Å². The van der Waals surface area contributed by atoms with E-state index in [0.717, 1.165) is 0 Å². The number of anilines is 1. The first-order chi connectivity index (χ1) is 12.5. The van der Waals surface area contributed by atoms with Crippen molar-refractivity contribution in [2.45, 2.75) is 6.54 Å². The van der Waals surface area contributed by atoms with Gasteiger partial charge in [0.05, 0.1) is 5.69 Å². The number of carbonyl (C=O) groups is 2. The number of carbonyl (C=O) groups excluding carboxylic acids is 2. The number of halogens is 1. The number of ether oxygens (including phenoxy) is 1. The summed E-state index contributed by atoms with van der Waals surface area (Å²) >= 11 is 5.95. The summed E-state index contributed by atoms with van der Waals surface area (Å²) in [6.45, 7) is -0.0731. The van der Waals surface area contributed by atoms with Crippen molar-refractivity contribution in [3.63, 3.8) is 0 Å². The van der Waals surface area contributed by atoms with Crippen molar-refractivity contribution in [3.05, 3.63) is 52.9 Å². The molecule has 0 radical (unpaired) electrons. The van der Waals surface area contributed by atoms with Crippen LogP contribution in [-0.2, 0) is 11.3 Å². The Bertz CT molecular complexity index is 1030. The van der Waals surface area contributed by atoms with Crippen LogP contribution >= 0.6 is 11.6 Å². The third-order valence-corrected chi connectivity index (χ3v) is 4.19. The summed E-state index contributed by atoms with van der Waals surface area (Å²) in [5.41, 5.74) is 3.27. The minimum Gasteiger partial charge on any atom is -0.482 e. The highest BCUT2D eigenvalue weighted by atomic mass is 35.5. The maximum Gasteiger partial charge on any atom is 0.274 e. The largest absolute Gasteiger partial charge is 0.482 e. The minimum atomic E-state index is -0.692. The van der Waals surface area contributed by atoms with Crippen molar-refractivity contribution < 1.29 is 24.0 Å². The SMILES string of the molecule is O=C(NO)c1ccc2c(c1)N(Cc1nc3cc(Cl)ccc3o1)C(=O)CO2. The van der Waals surface area contributed by atoms with Gasteiger partial charge in [-0.2, -0.15) is 0 Å². The summed E-state index contributed by atoms with van der Waals surface area (Å²) in [7, 11) is 0. The Kier molecular flexibility index (Phi) is 3.98. The quantitative estimate of drug-likeness (QED) is 0.540. The van der Waals surface area contributed by atoms with Gasteiger partial charge in [-0.15, -0.1) is 0 Å². The van der Waals surface area contributed by atoms with Crippen LogP contribution in [0.4, 0.5) is 5.69 Å². The molecule has 1 aliphatic heterocycles. The highest BCUT2D eigenvalue weighted by Gasteiger charge is 2.28. The normalized spacial score (nSPS) is 13.5. The van der Waals surface area contributed by atoms with E-state index in [-0.39, 0.29) is 24.6 Å². The van der Waals surface area contributed by atoms with E-state index in [2.05, 4.69) is 4.98 Å². The Morgan fingerprint density at radius 3 is 2.96 bits per heavy atom. The van der Waals surface area contributed by atoms with Gasteiger partial charge in [0, 0.05) is 10.6 Å². The lowest BCUT2D eigenvalue weighted by molar-refractivity contribution is -0.121. The lowest BCUT2D eigenvalue weighted by Gasteiger charge is -2.28. The van der Waals surface area contributed by atoms with Gasteiger partial charge in [0.2, 0.25) is 5.89 Å². The molecule has 0 bridgehead atoms. The molecule has 0 saturated heterocycles. The maximum atomic E-state index is 12.3. The average Bonchev–Trinajstić information content (AvgIpc) is 3.04. The zero-order valence-corrected chi connectivity index (χ0v) is 14.0. The molecule has 0 fully saturated rings. The number of hydrogen-bond acceptors (Lipinski definition) is 6. The smallest absolute Gasteiger partial charge is 0.274 e. The number of amides is 2. The molecule has 1 aromatic heterocycles. The van der Waals surface area contributed by atoms with Gasteiger partial charge in [0.25, 0.3) is 11.8 Å². The first kappa shape index (κ1) is 16.4. The van der Waals surface area contributed by atoms with E-state index < -0.39 is 5.91 Å². The lowest BCUT2D eigenvalue weighted by atomic mass is 10.1. The second-order valence-electron chi connectivity index (χ2n) is 5.61. The van der Waals surface area contributed by atoms with Gasteiger partial charge in [-0.25, -0.2) is 10.5 Å². The van der Waals surface area contributed by atoms with Crippen molar-refractivity contribution in [2.75, 3.05) is 11.5 Å². The number of aromatic nitrogens is 1. The number of fused-ring (bicyclic) bond motifs is 2. The van der Waals surface area contributed by atoms with Crippen LogP contribution in [0.2, 0.25) is 5.02 Å². The van der Waals surface area contributed by atoms with Crippen molar-refractivity contribution in [2.24, 2.45) is 0 Å². The molecule has 26 heavy (non-hydrogen) atoms. The number of hydrogen-bond donors (Lipinski definition) is 2. The number of benzene rings is 2. The number of oxazole rings is 1. The van der Waals surface area contributed by atoms with E-state index >= 15 is 0 Å². The van der Waals surface area contributed by atoms with Crippen molar-refractivity contribution in [3.8, 4) is 5.75 Å². The Morgan fingerprint density at radius 1 is 1.31 bits per heavy atom. The molecule has 2 heterocycles. The molecule has 1 aliphatic rings. The Balaban J connectivity index is 1.71. The molecule has 2 N–H and O–H groups in total. The fourth-order valence-corrected chi connectivity index (χ4v) is 2.90. The van der Waals surface area contributed by atoms with E-state index in [1.54, 1.807) is 29.7 Å². The van der Waals surface area contributed by atoms with E-state index in [1.165, 1.54) is 17.0 Å². The van der Waals surface area contributed by atoms with Gasteiger partial charge in [0.15, 0.2) is 12.2 Å². The van der Waals surface area contributed by atoms with Crippen LogP contribution in [0.15, 0.2) is 40.8 Å². The van der Waals surface area contributed by atoms with Gasteiger partial charge < -0.3 is 9.15 Å². The average molecular weight is 374 g/mol. The van der Waals surface area contributed by atoms with Crippen LogP contribution in [0.5, 0.6) is 5.75 Å². The second kappa shape index (κ2) is 6.32. The molecular formula is C17H12ClN3O5. The van der Waals surface area contributed by atoms with E-state index in [9.17, 15) is 9.59 Å². The summed E-state index contributed by atoms with van der Waals surface area (Å²) in [6.07, 6.45) is 0. The van der Waals surface area contributed by atoms with Gasteiger partial charge in [0.1, 0.15) is 17.8 Å². The van der Waals surface area contributed by atoms with Crippen LogP contribution < -0.4 is 15.1 Å². The zero-order chi connectivity index (χ0) is 18.3. The molecule has 9 heteroatoms. The molecular weight excluding hydrogens is 362 g/mol. The van der Waals surface area contributed by atoms with Gasteiger partial charge in [-0.1, -0.05) is 11.6 Å². The van der Waals surface area contributed by atoms with Crippen molar-refractivity contribution >= 4 is 40.2 Å². The first-order valence-corrected chi connectivity index (χ1v) is 7.99. The van der Waals surface area contributed by atoms with Crippen molar-refractivity contribution in [1.29, 1.82) is 0 Å². The van der Waals surface area contributed by atoms with Crippen LogP contribution in [0.3, 0.4) is 0 Å². The first-order valence-electron chi connectivity index (χ1n) is 7.62. The fraction of sp³-hybridized carbons (Fsp3) is 0.118. The summed E-state index contributed by atoms with van der Waals surface area (Å²) in [6, 6.07) is 9.56. The Hall–Kier alpha value is -3.10. The summed E-state index contributed by atoms with van der Waals surface area (Å²) < 4.78 is 11.1. The van der Waals surface area contributed by atoms with Gasteiger partial charge in [-0.05, 0) is 36.4 Å². The molecule has 2 amide bonds. The molecule has 4 rings (SSSR count). The second-order valence-corrected chi connectivity index (χ2v) is 6.05. The molecule has 0 unspecified atom stereocenters. The van der Waals surface area contributed by atoms with E-state index in [1.807, 2.05) is 0 Å². The van der Waals surface area contributed by atoms with Crippen LogP contribution in [0.1, 0.15) is 16.2 Å². The molecule has 0 spiro atoms. The molecule has 132 valence electrons. The fourth-order valence-electron chi connectivity index (χ4n) is 2.73. The minimum absolute atomic E-state index is 0.0612. The summed E-state index contributed by atoms with van der Waals surface area (Å²) in [5, 5.41) is 9.33. The standard InChI is InChI=1S/C17H12ClN3O5/c18-10-2-4-13-11(6-10)19-15(26-13)7-21-12-5-9(17(23)20-24)1-3-14(12)25-8-16(21)22/h1-6,24H,7-8H2,(H,20,23). The van der Waals surface area contributed by atoms with Crippen LogP contribution in [-0.4, -0.2) is 28.6 Å². The monoisotopic (exact) mass is 373 g/mol. The van der Waals surface area contributed by atoms with Crippen molar-refractivity contribution in [1.82, 2.24) is 10.5 Å². The van der Waals surface area contributed by atoms with Gasteiger partial charge >= 0.3 is 0 Å². The molecule has 3 aromatic rings. The van der Waals surface area contributed by atoms with Crippen LogP contribution in [0.25, 0.3) is 11.1 Å². The topological polar surface area (TPSA) is 105 Å². The molecule has 0 saturated carbocycles. The van der Waals surface area contributed by atoms with Gasteiger partial charge in [-0.3, -0.25) is 19.7 Å². The highest BCUT2D eigenvalue weighted by Crippen LogP contribution is 2.34. The molecule has 0 atom stereocenters. The maximum absolute atomic E-state index is 12.3. The predicted molar refractivity (Wildman–Crippen MR) is 91.4 cm³/mol. The lowest BCUT2D eigenvalue weighted by Crippen LogP contribution is -2.38. The third-order valence-electron chi connectivity index (χ3n) is 3.95. The third kappa shape index (κ3) is 2.85. The number of nitrogens with zero attached hydrogens (tertiary/aromatic N) is 2. The highest BCUT2D eigenvalue weighted by molar-refractivity contribution is 6.31. The number of rotatable bonds is 3.